The zero-order valence-electron chi connectivity index (χ0n) is 17.0. The zero-order chi connectivity index (χ0) is 22.5. The third-order valence-electron chi connectivity index (χ3n) is 4.21. The first-order chi connectivity index (χ1) is 14.0. The predicted molar refractivity (Wildman–Crippen MR) is 114 cm³/mol. The van der Waals surface area contributed by atoms with Crippen LogP contribution in [0.25, 0.3) is 0 Å². The second kappa shape index (κ2) is 10.0. The van der Waals surface area contributed by atoms with Crippen molar-refractivity contribution in [3.05, 3.63) is 60.7 Å². The van der Waals surface area contributed by atoms with Crippen LogP contribution in [0.3, 0.4) is 0 Å². The predicted octanol–water partition coefficient (Wildman–Crippen LogP) is -1.36. The normalized spacial score (nSPS) is 18.3. The van der Waals surface area contributed by atoms with Gasteiger partial charge in [-0.1, -0.05) is 60.7 Å². The van der Waals surface area contributed by atoms with Gasteiger partial charge >= 0.3 is 35.5 Å². The van der Waals surface area contributed by atoms with Crippen LogP contribution < -0.4 is 10.4 Å². The monoisotopic (exact) mass is 490 g/mol. The van der Waals surface area contributed by atoms with E-state index in [9.17, 15) is 19.2 Å². The molecule has 30 heavy (non-hydrogen) atoms. The van der Waals surface area contributed by atoms with Crippen LogP contribution in [0.2, 0.25) is 6.55 Å². The molecule has 166 valence electrons. The van der Waals surface area contributed by atoms with Gasteiger partial charge in [-0.25, -0.2) is 0 Å². The molecule has 0 saturated heterocycles. The summed E-state index contributed by atoms with van der Waals surface area (Å²) in [6.45, 7) is 1.70. The molecular weight excluding hydrogens is 465 g/mol. The third kappa shape index (κ3) is 6.21. The van der Waals surface area contributed by atoms with Crippen LogP contribution >= 0.6 is 0 Å². The Hall–Kier alpha value is -1.09. The highest BCUT2D eigenvalue weighted by molar-refractivity contribution is 6.92. The molecule has 10 nitrogen and oxygen atoms in total. The fourth-order valence-electron chi connectivity index (χ4n) is 2.50. The van der Waals surface area contributed by atoms with Gasteiger partial charge in [-0.15, -0.1) is 0 Å². The first kappa shape index (κ1) is 25.2. The Morgan fingerprint density at radius 3 is 1.53 bits per heavy atom. The maximum absolute atomic E-state index is 11.5. The van der Waals surface area contributed by atoms with E-state index in [2.05, 4.69) is 4.43 Å². The van der Waals surface area contributed by atoms with E-state index < -0.39 is 35.5 Å². The van der Waals surface area contributed by atoms with Crippen molar-refractivity contribution in [3.8, 4) is 0 Å². The molecule has 2 rings (SSSR count). The van der Waals surface area contributed by atoms with Gasteiger partial charge in [0.05, 0.1) is 0 Å². The summed E-state index contributed by atoms with van der Waals surface area (Å²) in [7, 11) is -13.9. The molecule has 3 unspecified atom stereocenters. The molecule has 0 radical (unpaired) electrons. The van der Waals surface area contributed by atoms with E-state index >= 15 is 0 Å². The fraction of sp³-hybridized carbons (Fsp3) is 0.250. The summed E-state index contributed by atoms with van der Waals surface area (Å²) in [5, 5.41) is 0.926. The Bertz CT molecular complexity index is 801. The van der Waals surface area contributed by atoms with Crippen molar-refractivity contribution in [2.45, 2.75) is 6.55 Å². The van der Waals surface area contributed by atoms with Crippen molar-refractivity contribution in [1.82, 2.24) is 0 Å². The lowest BCUT2D eigenvalue weighted by Crippen LogP contribution is -2.71. The Morgan fingerprint density at radius 1 is 0.600 bits per heavy atom. The first-order valence-electron chi connectivity index (χ1n) is 8.78. The molecule has 4 N–H and O–H groups in total. The van der Waals surface area contributed by atoms with Gasteiger partial charge in [-0.05, 0) is 11.7 Å². The largest absolute Gasteiger partial charge is 0.668 e. The summed E-state index contributed by atoms with van der Waals surface area (Å²) < 4.78 is 31.5. The molecule has 0 spiro atoms. The summed E-state index contributed by atoms with van der Waals surface area (Å²) >= 11 is 0. The number of hydrogen-bond acceptors (Lipinski definition) is 10. The Labute approximate surface area is 179 Å². The minimum Gasteiger partial charge on any atom is -0.395 e. The SMILES string of the molecule is CO[Si](O)(O)O[Si](O)(OC)O[Si](O)(O[Si](C)(OC)c1ccccc1)c1ccccc1. The van der Waals surface area contributed by atoms with E-state index in [0.717, 1.165) is 14.2 Å². The highest BCUT2D eigenvalue weighted by Gasteiger charge is 2.61. The molecule has 0 amide bonds. The standard InChI is InChI=1S/C16H26O10Si4/c1-21-27(4,15-11-7-5-8-12-15)24-28(17,16-13-9-6-10-14-16)25-30(20,23-3)26-29(18,19)22-2/h5-14,17-20H,1-4H3. The molecule has 0 aliphatic rings. The van der Waals surface area contributed by atoms with Gasteiger partial charge in [-0.2, -0.15) is 0 Å². The number of hydrogen-bond donors (Lipinski definition) is 4. The maximum Gasteiger partial charge on any atom is 0.668 e. The highest BCUT2D eigenvalue weighted by Crippen LogP contribution is 2.21. The summed E-state index contributed by atoms with van der Waals surface area (Å²) in [5.74, 6) is 0. The van der Waals surface area contributed by atoms with Crippen LogP contribution in [0.5, 0.6) is 0 Å². The van der Waals surface area contributed by atoms with Gasteiger partial charge in [0.25, 0.3) is 0 Å². The van der Waals surface area contributed by atoms with Crippen molar-refractivity contribution in [3.63, 3.8) is 0 Å². The molecule has 0 aliphatic heterocycles. The average Bonchev–Trinajstić information content (AvgIpc) is 2.74. The molecule has 0 aromatic heterocycles. The van der Waals surface area contributed by atoms with E-state index in [0.29, 0.717) is 5.19 Å². The summed E-state index contributed by atoms with van der Waals surface area (Å²) in [5.41, 5.74) is 0. The minimum absolute atomic E-state index is 0.226. The summed E-state index contributed by atoms with van der Waals surface area (Å²) in [6.07, 6.45) is 0. The highest BCUT2D eigenvalue weighted by atomic mass is 28.5. The van der Waals surface area contributed by atoms with E-state index in [-0.39, 0.29) is 5.19 Å². The average molecular weight is 491 g/mol. The second-order valence-electron chi connectivity index (χ2n) is 6.25. The molecule has 2 aromatic rings. The Kier molecular flexibility index (Phi) is 8.41. The van der Waals surface area contributed by atoms with Gasteiger partial charge in [0.2, 0.25) is 0 Å². The molecule has 0 fully saturated rings. The first-order valence-corrected chi connectivity index (χ1v) is 16.2. The zero-order valence-corrected chi connectivity index (χ0v) is 21.0. The van der Waals surface area contributed by atoms with Gasteiger partial charge in [0.1, 0.15) is 0 Å². The topological polar surface area (TPSA) is 136 Å². The van der Waals surface area contributed by atoms with Crippen LogP contribution in [0.4, 0.5) is 0 Å². The van der Waals surface area contributed by atoms with Gasteiger partial charge < -0.3 is 44.8 Å². The summed E-state index contributed by atoms with van der Waals surface area (Å²) in [4.78, 5) is 41.7. The van der Waals surface area contributed by atoms with Gasteiger partial charge in [-0.3, -0.25) is 0 Å². The molecule has 2 aromatic carbocycles. The lowest BCUT2D eigenvalue weighted by molar-refractivity contribution is 0.00876. The van der Waals surface area contributed by atoms with Crippen LogP contribution in [0, 0.1) is 0 Å². The third-order valence-corrected chi connectivity index (χ3v) is 15.4. The Balaban J connectivity index is 2.48. The van der Waals surface area contributed by atoms with E-state index in [1.807, 2.05) is 6.07 Å². The molecule has 0 aliphatic carbocycles. The van der Waals surface area contributed by atoms with Gasteiger partial charge in [0.15, 0.2) is 0 Å². The Morgan fingerprint density at radius 2 is 1.10 bits per heavy atom. The number of benzene rings is 2. The van der Waals surface area contributed by atoms with Crippen LogP contribution in [-0.2, 0) is 25.6 Å². The maximum atomic E-state index is 11.5. The fourth-order valence-corrected chi connectivity index (χ4v) is 12.8. The van der Waals surface area contributed by atoms with E-state index in [1.165, 1.54) is 7.11 Å². The van der Waals surface area contributed by atoms with Crippen LogP contribution in [0.15, 0.2) is 60.7 Å². The molecule has 0 bridgehead atoms. The minimum atomic E-state index is -4.82. The van der Waals surface area contributed by atoms with Crippen molar-refractivity contribution in [1.29, 1.82) is 0 Å². The molecule has 14 heteroatoms. The number of rotatable bonds is 11. The lowest BCUT2D eigenvalue weighted by Gasteiger charge is -2.37. The van der Waals surface area contributed by atoms with E-state index in [1.54, 1.807) is 61.1 Å². The molecule has 0 saturated carbocycles. The van der Waals surface area contributed by atoms with Crippen molar-refractivity contribution >= 4 is 45.8 Å². The van der Waals surface area contributed by atoms with Gasteiger partial charge in [0, 0.05) is 26.5 Å². The van der Waals surface area contributed by atoms with Crippen LogP contribution in [0.1, 0.15) is 0 Å². The van der Waals surface area contributed by atoms with Crippen molar-refractivity contribution < 1.29 is 44.8 Å². The smallest absolute Gasteiger partial charge is 0.395 e. The quantitative estimate of drug-likeness (QED) is 0.280. The second-order valence-corrected chi connectivity index (χ2v) is 16.3. The lowest BCUT2D eigenvalue weighted by atomic mass is 10.4. The van der Waals surface area contributed by atoms with E-state index in [4.69, 9.17) is 21.2 Å². The molecule has 3 atom stereocenters. The summed E-state index contributed by atoms with van der Waals surface area (Å²) in [6, 6.07) is 17.1. The molecule has 0 heterocycles. The van der Waals surface area contributed by atoms with Crippen LogP contribution in [-0.4, -0.2) is 76.0 Å². The van der Waals surface area contributed by atoms with Crippen molar-refractivity contribution in [2.75, 3.05) is 21.3 Å². The van der Waals surface area contributed by atoms with Crippen molar-refractivity contribution in [2.24, 2.45) is 0 Å². The molecular formula is C16H26O10Si4.